The van der Waals surface area contributed by atoms with E-state index < -0.39 is 0 Å². The molecule has 78 valence electrons. The van der Waals surface area contributed by atoms with Crippen LogP contribution in [0.25, 0.3) is 0 Å². The van der Waals surface area contributed by atoms with Crippen molar-refractivity contribution in [2.24, 2.45) is 0 Å². The zero-order valence-corrected chi connectivity index (χ0v) is 8.95. The zero-order valence-electron chi connectivity index (χ0n) is 8.95. The van der Waals surface area contributed by atoms with Gasteiger partial charge in [0.2, 0.25) is 0 Å². The Balaban J connectivity index is 1.98. The number of aromatic nitrogens is 2. The van der Waals surface area contributed by atoms with Crippen LogP contribution in [0.2, 0.25) is 0 Å². The van der Waals surface area contributed by atoms with E-state index in [1.807, 2.05) is 6.92 Å². The monoisotopic (exact) mass is 194 g/mol. The minimum atomic E-state index is 0.932. The molecule has 1 N–H and O–H groups in total. The first-order valence-corrected chi connectivity index (χ1v) is 5.20. The molecule has 1 aliphatic heterocycles. The van der Waals surface area contributed by atoms with Gasteiger partial charge >= 0.3 is 0 Å². The molecule has 0 aromatic carbocycles. The first-order valence-electron chi connectivity index (χ1n) is 5.20. The number of nitrogens with zero attached hydrogens (tertiary/aromatic N) is 3. The van der Waals surface area contributed by atoms with E-state index >= 15 is 0 Å². The van der Waals surface area contributed by atoms with Crippen LogP contribution >= 0.6 is 0 Å². The molecule has 1 aromatic heterocycles. The fourth-order valence-corrected chi connectivity index (χ4v) is 1.86. The van der Waals surface area contributed by atoms with Gasteiger partial charge in [-0.2, -0.15) is 5.10 Å². The van der Waals surface area contributed by atoms with Gasteiger partial charge in [0.15, 0.2) is 0 Å². The topological polar surface area (TPSA) is 33.1 Å². The first-order chi connectivity index (χ1) is 6.75. The Labute approximate surface area is 84.9 Å². The van der Waals surface area contributed by atoms with Gasteiger partial charge in [-0.25, -0.2) is 0 Å². The lowest BCUT2D eigenvalue weighted by Crippen LogP contribution is -2.44. The van der Waals surface area contributed by atoms with Crippen LogP contribution in [-0.2, 0) is 6.67 Å². The number of nitrogens with one attached hydrogen (secondary N) is 1. The SMILES string of the molecule is Cc1cc(C)n(CN2CCNCC2)n1. The van der Waals surface area contributed by atoms with Crippen LogP contribution in [0.5, 0.6) is 0 Å². The lowest BCUT2D eigenvalue weighted by atomic mass is 10.4. The van der Waals surface area contributed by atoms with Gasteiger partial charge in [-0.3, -0.25) is 9.58 Å². The highest BCUT2D eigenvalue weighted by atomic mass is 15.4. The van der Waals surface area contributed by atoms with Crippen molar-refractivity contribution in [1.82, 2.24) is 20.0 Å². The summed E-state index contributed by atoms with van der Waals surface area (Å²) in [5.74, 6) is 0. The highest BCUT2D eigenvalue weighted by molar-refractivity contribution is 5.06. The van der Waals surface area contributed by atoms with Crippen molar-refractivity contribution in [3.05, 3.63) is 17.5 Å². The number of piperazine rings is 1. The molecule has 0 atom stereocenters. The maximum atomic E-state index is 4.46. The van der Waals surface area contributed by atoms with E-state index in [4.69, 9.17) is 0 Å². The minimum absolute atomic E-state index is 0.932. The largest absolute Gasteiger partial charge is 0.314 e. The van der Waals surface area contributed by atoms with E-state index in [1.165, 1.54) is 5.69 Å². The predicted molar refractivity (Wildman–Crippen MR) is 56.1 cm³/mol. The molecular weight excluding hydrogens is 176 g/mol. The van der Waals surface area contributed by atoms with Crippen molar-refractivity contribution in [3.63, 3.8) is 0 Å². The molecule has 1 aliphatic rings. The summed E-state index contributed by atoms with van der Waals surface area (Å²) in [6.45, 7) is 9.53. The summed E-state index contributed by atoms with van der Waals surface area (Å²) in [5, 5.41) is 7.81. The van der Waals surface area contributed by atoms with Crippen molar-refractivity contribution in [2.45, 2.75) is 20.5 Å². The molecule has 0 radical (unpaired) electrons. The Morgan fingerprint density at radius 3 is 2.64 bits per heavy atom. The van der Waals surface area contributed by atoms with Crippen LogP contribution in [0, 0.1) is 13.8 Å². The van der Waals surface area contributed by atoms with Gasteiger partial charge in [0, 0.05) is 31.9 Å². The van der Waals surface area contributed by atoms with E-state index in [0.29, 0.717) is 0 Å². The first kappa shape index (κ1) is 9.68. The van der Waals surface area contributed by atoms with Crippen molar-refractivity contribution in [2.75, 3.05) is 26.2 Å². The Bertz CT molecular complexity index is 299. The van der Waals surface area contributed by atoms with Crippen molar-refractivity contribution < 1.29 is 0 Å². The second-order valence-corrected chi connectivity index (χ2v) is 3.94. The lowest BCUT2D eigenvalue weighted by Gasteiger charge is -2.27. The quantitative estimate of drug-likeness (QED) is 0.738. The molecule has 0 bridgehead atoms. The minimum Gasteiger partial charge on any atom is -0.314 e. The highest BCUT2D eigenvalue weighted by Gasteiger charge is 2.11. The number of hydrogen-bond donors (Lipinski definition) is 1. The summed E-state index contributed by atoms with van der Waals surface area (Å²) in [6.07, 6.45) is 0. The molecule has 0 spiro atoms. The summed E-state index contributed by atoms with van der Waals surface area (Å²) < 4.78 is 2.08. The third-order valence-electron chi connectivity index (χ3n) is 2.65. The summed E-state index contributed by atoms with van der Waals surface area (Å²) >= 11 is 0. The molecule has 1 saturated heterocycles. The number of hydrogen-bond acceptors (Lipinski definition) is 3. The zero-order chi connectivity index (χ0) is 9.97. The summed E-state index contributed by atoms with van der Waals surface area (Å²) in [6, 6.07) is 2.13. The van der Waals surface area contributed by atoms with E-state index in [-0.39, 0.29) is 0 Å². The van der Waals surface area contributed by atoms with E-state index in [2.05, 4.69) is 33.0 Å². The Morgan fingerprint density at radius 2 is 2.07 bits per heavy atom. The Morgan fingerprint density at radius 1 is 1.36 bits per heavy atom. The fraction of sp³-hybridized carbons (Fsp3) is 0.700. The van der Waals surface area contributed by atoms with Gasteiger partial charge in [0.25, 0.3) is 0 Å². The molecule has 1 aromatic rings. The molecule has 4 heteroatoms. The van der Waals surface area contributed by atoms with Gasteiger partial charge in [-0.05, 0) is 19.9 Å². The maximum absolute atomic E-state index is 4.46. The summed E-state index contributed by atoms with van der Waals surface area (Å²) in [7, 11) is 0. The summed E-state index contributed by atoms with van der Waals surface area (Å²) in [4.78, 5) is 2.43. The molecular formula is C10H18N4. The molecule has 0 saturated carbocycles. The lowest BCUT2D eigenvalue weighted by molar-refractivity contribution is 0.182. The normalized spacial score (nSPS) is 18.7. The van der Waals surface area contributed by atoms with Crippen LogP contribution in [-0.4, -0.2) is 40.9 Å². The van der Waals surface area contributed by atoms with Crippen molar-refractivity contribution >= 4 is 0 Å². The highest BCUT2D eigenvalue weighted by Crippen LogP contribution is 2.03. The average Bonchev–Trinajstić information content (AvgIpc) is 2.47. The number of rotatable bonds is 2. The van der Waals surface area contributed by atoms with E-state index in [0.717, 1.165) is 38.5 Å². The van der Waals surface area contributed by atoms with Crippen LogP contribution in [0.15, 0.2) is 6.07 Å². The number of aryl methyl sites for hydroxylation is 2. The third-order valence-corrected chi connectivity index (χ3v) is 2.65. The predicted octanol–water partition coefficient (Wildman–Crippen LogP) is 0.363. The fourth-order valence-electron chi connectivity index (χ4n) is 1.86. The van der Waals surface area contributed by atoms with Crippen LogP contribution < -0.4 is 5.32 Å². The van der Waals surface area contributed by atoms with Crippen LogP contribution in [0.4, 0.5) is 0 Å². The Kier molecular flexibility index (Phi) is 2.84. The summed E-state index contributed by atoms with van der Waals surface area (Å²) in [5.41, 5.74) is 2.36. The average molecular weight is 194 g/mol. The molecule has 14 heavy (non-hydrogen) atoms. The molecule has 0 amide bonds. The van der Waals surface area contributed by atoms with E-state index in [9.17, 15) is 0 Å². The molecule has 2 rings (SSSR count). The standard InChI is InChI=1S/C10H18N4/c1-9-7-10(2)14(12-9)8-13-5-3-11-4-6-13/h7,11H,3-6,8H2,1-2H3. The molecule has 2 heterocycles. The van der Waals surface area contributed by atoms with Gasteiger partial charge in [-0.1, -0.05) is 0 Å². The van der Waals surface area contributed by atoms with Crippen molar-refractivity contribution in [3.8, 4) is 0 Å². The smallest absolute Gasteiger partial charge is 0.0932 e. The van der Waals surface area contributed by atoms with Gasteiger partial charge in [0.1, 0.15) is 0 Å². The second kappa shape index (κ2) is 4.11. The van der Waals surface area contributed by atoms with Crippen molar-refractivity contribution in [1.29, 1.82) is 0 Å². The third kappa shape index (κ3) is 2.13. The second-order valence-electron chi connectivity index (χ2n) is 3.94. The Hall–Kier alpha value is -0.870. The van der Waals surface area contributed by atoms with Gasteiger partial charge in [0.05, 0.1) is 12.4 Å². The molecule has 0 aliphatic carbocycles. The van der Waals surface area contributed by atoms with Crippen LogP contribution in [0.3, 0.4) is 0 Å². The molecule has 1 fully saturated rings. The molecule has 0 unspecified atom stereocenters. The maximum Gasteiger partial charge on any atom is 0.0932 e. The van der Waals surface area contributed by atoms with Gasteiger partial charge < -0.3 is 5.32 Å². The van der Waals surface area contributed by atoms with E-state index in [1.54, 1.807) is 0 Å². The van der Waals surface area contributed by atoms with Crippen LogP contribution in [0.1, 0.15) is 11.4 Å². The molecule has 4 nitrogen and oxygen atoms in total. The van der Waals surface area contributed by atoms with Gasteiger partial charge in [-0.15, -0.1) is 0 Å².